The van der Waals surface area contributed by atoms with E-state index >= 15 is 0 Å². The molecule has 0 bridgehead atoms. The molecule has 0 aliphatic carbocycles. The van der Waals surface area contributed by atoms with Crippen LogP contribution in [0.3, 0.4) is 0 Å². The molecule has 226 valence electrons. The molecular formula is C23H42I5N4O6-. The molecule has 0 saturated heterocycles. The Morgan fingerprint density at radius 3 is 1.84 bits per heavy atom. The average molecular weight is 1110 g/mol. The zero-order valence-corrected chi connectivity index (χ0v) is 32.2. The van der Waals surface area contributed by atoms with Gasteiger partial charge in [0.15, 0.2) is 0 Å². The van der Waals surface area contributed by atoms with Gasteiger partial charge in [-0.1, -0.05) is 48.0 Å². The Morgan fingerprint density at radius 2 is 1.55 bits per heavy atom. The maximum atomic E-state index is 11.6. The Kier molecular flexibility index (Phi) is 35.5. The molecular weight excluding hydrogens is 1060 g/mol. The van der Waals surface area contributed by atoms with Gasteiger partial charge in [0.05, 0.1) is 6.04 Å². The van der Waals surface area contributed by atoms with Gasteiger partial charge < -0.3 is 31.9 Å². The number of halogens is 5. The van der Waals surface area contributed by atoms with Gasteiger partial charge in [-0.25, -0.2) is 4.79 Å². The summed E-state index contributed by atoms with van der Waals surface area (Å²) < 4.78 is 4.45. The molecule has 0 saturated carbocycles. The number of cyclic esters (lactones) is 1. The van der Waals surface area contributed by atoms with Crippen LogP contribution in [-0.4, -0.2) is 58.6 Å². The van der Waals surface area contributed by atoms with E-state index in [1.807, 2.05) is 20.8 Å². The van der Waals surface area contributed by atoms with E-state index in [1.165, 1.54) is 6.08 Å². The van der Waals surface area contributed by atoms with Crippen molar-refractivity contribution in [2.45, 2.75) is 92.0 Å². The van der Waals surface area contributed by atoms with Gasteiger partial charge in [-0.3, -0.25) is 14.4 Å². The number of primary amides is 2. The molecule has 0 aromatic carbocycles. The molecule has 3 amide bonds. The first-order valence-corrected chi connectivity index (χ1v) is 30.2. The van der Waals surface area contributed by atoms with Gasteiger partial charge in [-0.15, -0.1) is 0 Å². The molecule has 0 aromatic heterocycles. The second-order valence-corrected chi connectivity index (χ2v) is 23.8. The van der Waals surface area contributed by atoms with E-state index in [1.54, 1.807) is 11.0 Å². The number of ether oxygens (including phenoxy) is 1. The van der Waals surface area contributed by atoms with Crippen LogP contribution in [0.5, 0.6) is 0 Å². The Labute approximate surface area is 280 Å². The predicted octanol–water partition coefficient (Wildman–Crippen LogP) is 1.80. The number of carbonyl (C=O) groups is 4. The number of nitrogens with two attached hydrogens (primary N) is 3. The van der Waals surface area contributed by atoms with E-state index in [4.69, 9.17) is 22.3 Å². The van der Waals surface area contributed by atoms with Crippen LogP contribution in [-0.2, 0) is 23.9 Å². The zero-order chi connectivity index (χ0) is 29.6. The molecule has 2 aliphatic rings. The first-order chi connectivity index (χ1) is 17.4. The van der Waals surface area contributed by atoms with E-state index in [9.17, 15) is 19.2 Å². The zero-order valence-electron chi connectivity index (χ0n) is 21.4. The third kappa shape index (κ3) is 21.6. The van der Waals surface area contributed by atoms with Crippen molar-refractivity contribution in [1.29, 1.82) is 0 Å². The topological polar surface area (TPSA) is 179 Å². The van der Waals surface area contributed by atoms with Crippen molar-refractivity contribution in [3.05, 3.63) is 23.3 Å². The van der Waals surface area contributed by atoms with Crippen LogP contribution in [0.15, 0.2) is 23.3 Å². The first-order valence-electron chi connectivity index (χ1n) is 11.4. The van der Waals surface area contributed by atoms with Gasteiger partial charge in [0.25, 0.3) is 0 Å². The molecule has 0 fully saturated rings. The van der Waals surface area contributed by atoms with E-state index in [2.05, 4.69) is 86.1 Å². The fraction of sp³-hybridized carbons (Fsp3) is 0.652. The molecule has 2 heterocycles. The summed E-state index contributed by atoms with van der Waals surface area (Å²) in [4.78, 5) is 44.8. The summed E-state index contributed by atoms with van der Waals surface area (Å²) in [5.74, 6) is -1.36. The van der Waals surface area contributed by atoms with Gasteiger partial charge in [-0.05, 0) is 31.3 Å². The van der Waals surface area contributed by atoms with Crippen LogP contribution in [0, 0.1) is 0 Å². The van der Waals surface area contributed by atoms with Gasteiger partial charge in [-0.2, -0.15) is 0 Å². The molecule has 0 aromatic rings. The number of aliphatic hydroxyl groups excluding tert-OH is 1. The molecule has 2 aliphatic heterocycles. The summed E-state index contributed by atoms with van der Waals surface area (Å²) in [7, 11) is 0. The molecule has 0 radical (unpaired) electrons. The summed E-state index contributed by atoms with van der Waals surface area (Å²) >= 11 is 9.54. The van der Waals surface area contributed by atoms with Gasteiger partial charge in [0, 0.05) is 61.5 Å². The Hall–Kier alpha value is 0.930. The summed E-state index contributed by atoms with van der Waals surface area (Å²) in [6, 6.07) is -0.914. The van der Waals surface area contributed by atoms with Gasteiger partial charge in [0.1, 0.15) is 6.04 Å². The molecule has 2 rings (SSSR count). The first kappa shape index (κ1) is 45.9. The second kappa shape index (κ2) is 29.4. The Bertz CT molecular complexity index is 756. The molecule has 15 heteroatoms. The summed E-state index contributed by atoms with van der Waals surface area (Å²) in [6.07, 6.45) is 6.78. The van der Waals surface area contributed by atoms with Crippen LogP contribution in [0.25, 0.3) is 0 Å². The fourth-order valence-corrected chi connectivity index (χ4v) is 3.04. The Balaban J connectivity index is -0.000000219. The Morgan fingerprint density at radius 1 is 1.05 bits per heavy atom. The quantitative estimate of drug-likeness (QED) is 0.201. The number of hydrogen-bond acceptors (Lipinski definition) is 7. The predicted molar refractivity (Wildman–Crippen MR) is 183 cm³/mol. The fourth-order valence-electron chi connectivity index (χ4n) is 3.04. The van der Waals surface area contributed by atoms with Crippen LogP contribution in [0.4, 0.5) is 0 Å². The van der Waals surface area contributed by atoms with Crippen molar-refractivity contribution in [3.63, 3.8) is 0 Å². The minimum atomic E-state index is -0.979. The summed E-state index contributed by atoms with van der Waals surface area (Å²) in [6.45, 7) is 8.29. The monoisotopic (exact) mass is 1100 g/mol. The molecule has 0 spiro atoms. The van der Waals surface area contributed by atoms with Crippen LogP contribution < -0.4 is 30.5 Å². The van der Waals surface area contributed by atoms with E-state index in [0.29, 0.717) is 38.2 Å². The number of aliphatic hydroxyl groups is 1. The molecule has 38 heavy (non-hydrogen) atoms. The number of rotatable bonds is 9. The maximum absolute atomic E-state index is 11.6. The number of nitrogens with zero attached hydrogens (tertiary/aromatic N) is 1. The molecule has 1 unspecified atom stereocenters. The van der Waals surface area contributed by atoms with Crippen LogP contribution in [0.1, 0.15) is 73.6 Å². The summed E-state index contributed by atoms with van der Waals surface area (Å²) in [5, 5.41) is 8.98. The van der Waals surface area contributed by atoms with Crippen molar-refractivity contribution < 1.29 is 42.3 Å². The van der Waals surface area contributed by atoms with Gasteiger partial charge in [0.2, 0.25) is 24.0 Å². The number of hydrogen-bond donors (Lipinski definition) is 4. The van der Waals surface area contributed by atoms with E-state index in [0.717, 1.165) is 31.3 Å². The second-order valence-electron chi connectivity index (χ2n) is 7.57. The standard InChI is InChI=1S/C11H18N2O2.C7H10O3.C4H10N2O.CH4.I3.I2/c1-3-5-8-6-10(14)13(7-8)9(4-2)11(12)15;1-2-3-5-4-6(8)10-7(5)9;1-2-3(5)4(6)7;;1-3-2;1-2/h6,9H,3-5,7H2,1-2H3,(H2,12,15);4,7,9H,2-3H2,1H3;3H,2,5H2,1H3,(H2,6,7);1H4;;/q;;;;-1;/t9-;;3-;;;/m0.0.../s1. The normalized spacial score (nSPS) is 16.7. The number of esters is 1. The van der Waals surface area contributed by atoms with Crippen molar-refractivity contribution in [2.75, 3.05) is 6.54 Å². The number of amides is 3. The SMILES string of the molecule is C.CCCC1=CC(=O)N([C@@H](CC)C(N)=O)C1.CCCC1=CC(=O)OC1O.CC[C@H](N)C(N)=O.II.I[I-]I. The van der Waals surface area contributed by atoms with Crippen molar-refractivity contribution in [2.24, 2.45) is 17.2 Å². The van der Waals surface area contributed by atoms with Crippen molar-refractivity contribution in [1.82, 2.24) is 4.90 Å². The van der Waals surface area contributed by atoms with Gasteiger partial charge >= 0.3 is 56.5 Å². The van der Waals surface area contributed by atoms with Crippen LogP contribution in [0.2, 0.25) is 0 Å². The third-order valence-electron chi connectivity index (χ3n) is 4.84. The van der Waals surface area contributed by atoms with E-state index < -0.39 is 36.2 Å². The molecule has 10 nitrogen and oxygen atoms in total. The van der Waals surface area contributed by atoms with Crippen LogP contribution >= 0.6 is 74.5 Å². The van der Waals surface area contributed by atoms with E-state index in [-0.39, 0.29) is 13.3 Å². The third-order valence-corrected chi connectivity index (χ3v) is 4.84. The van der Waals surface area contributed by atoms with Crippen molar-refractivity contribution in [3.8, 4) is 0 Å². The summed E-state index contributed by atoms with van der Waals surface area (Å²) in [5.41, 5.74) is 17.0. The minimum absolute atomic E-state index is 0. The average Bonchev–Trinajstić information content (AvgIpc) is 3.36. The number of carbonyl (C=O) groups excluding carboxylic acids is 4. The molecule has 3 atom stereocenters. The van der Waals surface area contributed by atoms with Crippen molar-refractivity contribution >= 4 is 98.2 Å². The molecule has 7 N–H and O–H groups in total.